The SMILES string of the molecule is C=CCOC(C)=O.CCCCC(C)C(C)OC1CCCCO1.COc1cc(C(C)=O)c(C)cc1OCCCC(=O)O. The van der Waals surface area contributed by atoms with Crippen LogP contribution in [-0.2, 0) is 23.8 Å². The zero-order chi connectivity index (χ0) is 31.2. The third-order valence-electron chi connectivity index (χ3n) is 6.41. The first-order valence-corrected chi connectivity index (χ1v) is 14.5. The van der Waals surface area contributed by atoms with Crippen molar-refractivity contribution in [3.8, 4) is 11.5 Å². The molecule has 3 atom stereocenters. The van der Waals surface area contributed by atoms with Crippen LogP contribution in [0, 0.1) is 12.8 Å². The van der Waals surface area contributed by atoms with E-state index >= 15 is 0 Å². The van der Waals surface area contributed by atoms with Gasteiger partial charge >= 0.3 is 11.9 Å². The van der Waals surface area contributed by atoms with Crippen LogP contribution in [0.3, 0.4) is 0 Å². The second kappa shape index (κ2) is 22.7. The summed E-state index contributed by atoms with van der Waals surface area (Å²) in [6.07, 6.45) is 9.78. The summed E-state index contributed by atoms with van der Waals surface area (Å²) in [5.74, 6) is 0.504. The predicted octanol–water partition coefficient (Wildman–Crippen LogP) is 6.93. The number of benzene rings is 1. The van der Waals surface area contributed by atoms with Gasteiger partial charge < -0.3 is 28.8 Å². The molecular formula is C32H52O9. The van der Waals surface area contributed by atoms with E-state index in [1.165, 1.54) is 59.1 Å². The van der Waals surface area contributed by atoms with Crippen LogP contribution < -0.4 is 9.47 Å². The maximum Gasteiger partial charge on any atom is 0.303 e. The molecule has 41 heavy (non-hydrogen) atoms. The average molecular weight is 581 g/mol. The molecule has 1 saturated heterocycles. The lowest BCUT2D eigenvalue weighted by molar-refractivity contribution is -0.193. The molecule has 2 rings (SSSR count). The van der Waals surface area contributed by atoms with Crippen LogP contribution in [-0.4, -0.2) is 62.2 Å². The molecule has 0 aromatic heterocycles. The van der Waals surface area contributed by atoms with Gasteiger partial charge in [-0.25, -0.2) is 0 Å². The lowest BCUT2D eigenvalue weighted by Crippen LogP contribution is -2.29. The smallest absolute Gasteiger partial charge is 0.303 e. The molecule has 0 bridgehead atoms. The predicted molar refractivity (Wildman–Crippen MR) is 160 cm³/mol. The minimum atomic E-state index is -0.848. The largest absolute Gasteiger partial charge is 0.493 e. The van der Waals surface area contributed by atoms with Crippen LogP contribution in [0.5, 0.6) is 11.5 Å². The number of ether oxygens (including phenoxy) is 5. The highest BCUT2D eigenvalue weighted by atomic mass is 16.7. The zero-order valence-electron chi connectivity index (χ0n) is 26.2. The number of carbonyl (C=O) groups excluding carboxylic acids is 2. The summed E-state index contributed by atoms with van der Waals surface area (Å²) < 4.78 is 26.6. The number of aryl methyl sites for hydroxylation is 1. The van der Waals surface area contributed by atoms with Crippen molar-refractivity contribution in [3.05, 3.63) is 35.9 Å². The Morgan fingerprint density at radius 2 is 1.85 bits per heavy atom. The molecule has 1 aromatic carbocycles. The third kappa shape index (κ3) is 18.2. The molecule has 234 valence electrons. The van der Waals surface area contributed by atoms with Crippen molar-refractivity contribution in [3.63, 3.8) is 0 Å². The number of esters is 1. The highest BCUT2D eigenvalue weighted by molar-refractivity contribution is 5.96. The van der Waals surface area contributed by atoms with E-state index in [2.05, 4.69) is 32.1 Å². The topological polar surface area (TPSA) is 118 Å². The van der Waals surface area contributed by atoms with Crippen LogP contribution in [0.1, 0.15) is 102 Å². The molecule has 1 aromatic rings. The van der Waals surface area contributed by atoms with Crippen LogP contribution in [0.4, 0.5) is 0 Å². The normalized spacial score (nSPS) is 15.5. The number of Topliss-reactive ketones (excluding diaryl/α,β-unsaturated/α-hetero) is 1. The number of unbranched alkanes of at least 4 members (excludes halogenated alkanes) is 1. The fraction of sp³-hybridized carbons (Fsp3) is 0.656. The maximum absolute atomic E-state index is 11.4. The van der Waals surface area contributed by atoms with Crippen molar-refractivity contribution >= 4 is 17.7 Å². The van der Waals surface area contributed by atoms with Crippen molar-refractivity contribution in [1.29, 1.82) is 0 Å². The summed E-state index contributed by atoms with van der Waals surface area (Å²) in [6, 6.07) is 3.38. The summed E-state index contributed by atoms with van der Waals surface area (Å²) in [5.41, 5.74) is 1.40. The Hall–Kier alpha value is -2.91. The van der Waals surface area contributed by atoms with E-state index in [-0.39, 0.29) is 24.5 Å². The number of rotatable bonds is 15. The molecule has 3 unspecified atom stereocenters. The number of aliphatic carboxylic acids is 1. The van der Waals surface area contributed by atoms with Gasteiger partial charge in [0.15, 0.2) is 23.6 Å². The number of carbonyl (C=O) groups is 3. The Kier molecular flexibility index (Phi) is 21.1. The number of hydrogen-bond donors (Lipinski definition) is 1. The minimum Gasteiger partial charge on any atom is -0.493 e. The van der Waals surface area contributed by atoms with Gasteiger partial charge in [-0.05, 0) is 76.5 Å². The van der Waals surface area contributed by atoms with E-state index in [1.807, 2.05) is 6.92 Å². The summed E-state index contributed by atoms with van der Waals surface area (Å²) in [4.78, 5) is 31.7. The average Bonchev–Trinajstić information content (AvgIpc) is 2.93. The number of carboxylic acid groups (broad SMARTS) is 1. The Balaban J connectivity index is 0.000000647. The Morgan fingerprint density at radius 1 is 1.15 bits per heavy atom. The fourth-order valence-electron chi connectivity index (χ4n) is 3.85. The van der Waals surface area contributed by atoms with Crippen LogP contribution in [0.2, 0.25) is 0 Å². The summed E-state index contributed by atoms with van der Waals surface area (Å²) in [7, 11) is 1.50. The molecule has 1 heterocycles. The van der Waals surface area contributed by atoms with Crippen molar-refractivity contribution in [1.82, 2.24) is 0 Å². The molecule has 0 aliphatic carbocycles. The van der Waals surface area contributed by atoms with E-state index in [4.69, 9.17) is 24.1 Å². The van der Waals surface area contributed by atoms with Gasteiger partial charge in [0.05, 0.1) is 19.8 Å². The molecule has 0 radical (unpaired) electrons. The number of carboxylic acids is 1. The Labute approximate surface area is 246 Å². The quantitative estimate of drug-likeness (QED) is 0.102. The standard InChI is InChI=1S/C14H18O5.C13H26O2.C5H8O2/c1-9-7-13(19-6-4-5-14(16)17)12(18-3)8-11(9)10(2)15;1-4-5-8-11(2)12(3)15-13-9-6-7-10-14-13;1-3-4-7-5(2)6/h7-8H,4-6H2,1-3H3,(H,16,17);11-13H,4-10H2,1-3H3;3H,1,4H2,2H3. The molecule has 0 amide bonds. The van der Waals surface area contributed by atoms with Crippen molar-refractivity contribution in [2.75, 3.05) is 26.9 Å². The first-order valence-electron chi connectivity index (χ1n) is 14.5. The highest BCUT2D eigenvalue weighted by Crippen LogP contribution is 2.31. The third-order valence-corrected chi connectivity index (χ3v) is 6.41. The molecular weight excluding hydrogens is 528 g/mol. The summed E-state index contributed by atoms with van der Waals surface area (Å²) in [6.45, 7) is 16.2. The van der Waals surface area contributed by atoms with Crippen LogP contribution in [0.25, 0.3) is 0 Å². The van der Waals surface area contributed by atoms with Crippen molar-refractivity contribution in [2.45, 2.75) is 105 Å². The highest BCUT2D eigenvalue weighted by Gasteiger charge is 2.20. The van der Waals surface area contributed by atoms with Gasteiger partial charge in [0, 0.05) is 25.5 Å². The number of hydrogen-bond acceptors (Lipinski definition) is 8. The van der Waals surface area contributed by atoms with E-state index < -0.39 is 5.97 Å². The van der Waals surface area contributed by atoms with Gasteiger partial charge in [-0.2, -0.15) is 0 Å². The molecule has 1 aliphatic rings. The van der Waals surface area contributed by atoms with Gasteiger partial charge in [0.2, 0.25) is 0 Å². The molecule has 1 fully saturated rings. The van der Waals surface area contributed by atoms with E-state index in [1.54, 1.807) is 12.1 Å². The molecule has 1 N–H and O–H groups in total. The van der Waals surface area contributed by atoms with Crippen molar-refractivity contribution in [2.24, 2.45) is 5.92 Å². The van der Waals surface area contributed by atoms with Crippen LogP contribution in [0.15, 0.2) is 24.8 Å². The van der Waals surface area contributed by atoms with E-state index in [0.29, 0.717) is 48.7 Å². The van der Waals surface area contributed by atoms with E-state index in [9.17, 15) is 14.4 Å². The first-order chi connectivity index (χ1) is 19.5. The Morgan fingerprint density at radius 3 is 2.34 bits per heavy atom. The lowest BCUT2D eigenvalue weighted by Gasteiger charge is -2.28. The van der Waals surface area contributed by atoms with Gasteiger partial charge in [-0.3, -0.25) is 14.4 Å². The molecule has 0 spiro atoms. The second-order valence-corrected chi connectivity index (χ2v) is 10.1. The van der Waals surface area contributed by atoms with Crippen LogP contribution >= 0.6 is 0 Å². The van der Waals surface area contributed by atoms with Crippen molar-refractivity contribution < 1.29 is 43.2 Å². The minimum absolute atomic E-state index is 0.0340. The second-order valence-electron chi connectivity index (χ2n) is 10.1. The van der Waals surface area contributed by atoms with Gasteiger partial charge in [-0.15, -0.1) is 0 Å². The van der Waals surface area contributed by atoms with E-state index in [0.717, 1.165) is 18.6 Å². The number of ketones is 1. The Bertz CT molecular complexity index is 907. The molecule has 0 saturated carbocycles. The summed E-state index contributed by atoms with van der Waals surface area (Å²) >= 11 is 0. The first kappa shape index (κ1) is 38.1. The van der Waals surface area contributed by atoms with Gasteiger partial charge in [0.25, 0.3) is 0 Å². The molecule has 1 aliphatic heterocycles. The maximum atomic E-state index is 11.4. The molecule has 9 nitrogen and oxygen atoms in total. The fourth-order valence-corrected chi connectivity index (χ4v) is 3.85. The molecule has 9 heteroatoms. The lowest BCUT2D eigenvalue weighted by atomic mass is 9.99. The van der Waals surface area contributed by atoms with Gasteiger partial charge in [0.1, 0.15) is 6.61 Å². The van der Waals surface area contributed by atoms with Gasteiger partial charge in [-0.1, -0.05) is 39.3 Å². The summed E-state index contributed by atoms with van der Waals surface area (Å²) in [5, 5.41) is 8.54. The monoisotopic (exact) mass is 580 g/mol. The zero-order valence-corrected chi connectivity index (χ0v) is 26.2. The number of methoxy groups -OCH3 is 1.